The number of para-hydroxylation sites is 1. The van der Waals surface area contributed by atoms with E-state index in [2.05, 4.69) is 88.2 Å². The highest BCUT2D eigenvalue weighted by molar-refractivity contribution is 7.80. The number of hydrogen-bond donors (Lipinski definition) is 2. The van der Waals surface area contributed by atoms with E-state index < -0.39 is 0 Å². The van der Waals surface area contributed by atoms with Crippen molar-refractivity contribution in [2.75, 3.05) is 6.54 Å². The van der Waals surface area contributed by atoms with Crippen LogP contribution in [0, 0.1) is 6.92 Å². The molecular weight excluding hydrogens is 394 g/mol. The van der Waals surface area contributed by atoms with Crippen molar-refractivity contribution in [2.24, 2.45) is 0 Å². The van der Waals surface area contributed by atoms with Gasteiger partial charge < -0.3 is 15.2 Å². The van der Waals surface area contributed by atoms with Gasteiger partial charge in [-0.2, -0.15) is 0 Å². The Morgan fingerprint density at radius 2 is 1.83 bits per heavy atom. The van der Waals surface area contributed by atoms with E-state index in [1.165, 1.54) is 32.6 Å². The number of thiocarbonyl (C=S) groups is 1. The minimum Gasteiger partial charge on any atom is -0.358 e. The van der Waals surface area contributed by atoms with Gasteiger partial charge >= 0.3 is 0 Å². The zero-order valence-corrected chi connectivity index (χ0v) is 18.2. The van der Waals surface area contributed by atoms with Crippen molar-refractivity contribution in [3.05, 3.63) is 93.8 Å². The molecule has 148 valence electrons. The molecule has 0 atom stereocenters. The maximum absolute atomic E-state index is 5.78. The number of H-pyrrole nitrogens is 1. The summed E-state index contributed by atoms with van der Waals surface area (Å²) in [5.41, 5.74) is 5.06. The summed E-state index contributed by atoms with van der Waals surface area (Å²) in [4.78, 5) is 7.11. The van der Waals surface area contributed by atoms with Gasteiger partial charge in [-0.3, -0.25) is 0 Å². The van der Waals surface area contributed by atoms with E-state index in [4.69, 9.17) is 12.2 Å². The minimum atomic E-state index is 0.743. The summed E-state index contributed by atoms with van der Waals surface area (Å²) in [6.07, 6.45) is 0.953. The third-order valence-corrected chi connectivity index (χ3v) is 6.42. The second-order valence-electron chi connectivity index (χ2n) is 7.17. The molecule has 0 bridgehead atoms. The summed E-state index contributed by atoms with van der Waals surface area (Å²) >= 11 is 7.56. The van der Waals surface area contributed by atoms with Gasteiger partial charge in [0.1, 0.15) is 0 Å². The summed E-state index contributed by atoms with van der Waals surface area (Å²) < 4.78 is 0. The number of aromatic amines is 1. The third kappa shape index (κ3) is 4.86. The first kappa shape index (κ1) is 19.7. The highest BCUT2D eigenvalue weighted by Gasteiger charge is 2.14. The molecule has 4 aromatic rings. The largest absolute Gasteiger partial charge is 0.358 e. The Kier molecular flexibility index (Phi) is 6.27. The smallest absolute Gasteiger partial charge is 0.169 e. The van der Waals surface area contributed by atoms with E-state index in [0.29, 0.717) is 0 Å². The highest BCUT2D eigenvalue weighted by Crippen LogP contribution is 2.23. The summed E-state index contributed by atoms with van der Waals surface area (Å²) in [6, 6.07) is 23.2. The number of benzene rings is 2. The minimum absolute atomic E-state index is 0.743. The molecule has 0 saturated heterocycles. The molecule has 0 spiro atoms. The molecule has 0 aliphatic carbocycles. The Labute approximate surface area is 181 Å². The molecule has 2 aromatic carbocycles. The van der Waals surface area contributed by atoms with Crippen LogP contribution < -0.4 is 5.32 Å². The lowest BCUT2D eigenvalue weighted by atomic mass is 10.1. The normalized spacial score (nSPS) is 10.9. The van der Waals surface area contributed by atoms with Crippen molar-refractivity contribution in [3.63, 3.8) is 0 Å². The fraction of sp³-hybridized carbons (Fsp3) is 0.208. The number of thiophene rings is 1. The van der Waals surface area contributed by atoms with Gasteiger partial charge in [-0.05, 0) is 54.2 Å². The van der Waals surface area contributed by atoms with Crippen LogP contribution in [0.5, 0.6) is 0 Å². The summed E-state index contributed by atoms with van der Waals surface area (Å²) in [5.74, 6) is 0. The summed E-state index contributed by atoms with van der Waals surface area (Å²) in [6.45, 7) is 4.61. The van der Waals surface area contributed by atoms with Gasteiger partial charge in [-0.15, -0.1) is 11.3 Å². The molecule has 2 aromatic heterocycles. The number of fused-ring (bicyclic) bond motifs is 1. The maximum atomic E-state index is 5.78. The monoisotopic (exact) mass is 419 g/mol. The molecule has 0 unspecified atom stereocenters. The van der Waals surface area contributed by atoms with Gasteiger partial charge in [0.25, 0.3) is 0 Å². The van der Waals surface area contributed by atoms with Gasteiger partial charge in [0, 0.05) is 34.6 Å². The Balaban J connectivity index is 1.47. The molecule has 0 fully saturated rings. The van der Waals surface area contributed by atoms with Gasteiger partial charge in [0.05, 0.1) is 6.54 Å². The van der Waals surface area contributed by atoms with Crippen LogP contribution in [0.15, 0.2) is 72.1 Å². The zero-order chi connectivity index (χ0) is 20.1. The van der Waals surface area contributed by atoms with Crippen molar-refractivity contribution in [2.45, 2.75) is 26.4 Å². The van der Waals surface area contributed by atoms with E-state index in [0.717, 1.165) is 31.2 Å². The second kappa shape index (κ2) is 9.25. The molecule has 29 heavy (non-hydrogen) atoms. The van der Waals surface area contributed by atoms with Gasteiger partial charge in [-0.1, -0.05) is 54.6 Å². The van der Waals surface area contributed by atoms with E-state index >= 15 is 0 Å². The molecular formula is C24H25N3S2. The Hall–Kier alpha value is -2.63. The molecule has 5 heteroatoms. The zero-order valence-electron chi connectivity index (χ0n) is 16.5. The quantitative estimate of drug-likeness (QED) is 0.379. The van der Waals surface area contributed by atoms with Crippen LogP contribution >= 0.6 is 23.6 Å². The number of rotatable bonds is 7. The van der Waals surface area contributed by atoms with E-state index in [1.807, 2.05) is 6.07 Å². The maximum Gasteiger partial charge on any atom is 0.169 e. The van der Waals surface area contributed by atoms with Crippen LogP contribution in [0.1, 0.15) is 21.7 Å². The van der Waals surface area contributed by atoms with Crippen LogP contribution in [0.25, 0.3) is 10.9 Å². The molecule has 2 heterocycles. The number of hydrogen-bond acceptors (Lipinski definition) is 2. The fourth-order valence-corrected chi connectivity index (χ4v) is 4.58. The molecule has 2 N–H and O–H groups in total. The van der Waals surface area contributed by atoms with Gasteiger partial charge in [-0.25, -0.2) is 0 Å². The molecule has 0 aliphatic rings. The van der Waals surface area contributed by atoms with E-state index in [1.54, 1.807) is 11.3 Å². The van der Waals surface area contributed by atoms with Crippen molar-refractivity contribution >= 4 is 39.6 Å². The average Bonchev–Trinajstić information content (AvgIpc) is 3.37. The highest BCUT2D eigenvalue weighted by atomic mass is 32.1. The molecule has 4 rings (SSSR count). The molecule has 0 aliphatic heterocycles. The SMILES string of the molecule is Cc1[nH]c2ccccc2c1CCN(Cc1cccs1)C(=S)NCc1ccccc1. The van der Waals surface area contributed by atoms with Gasteiger partial charge in [0.15, 0.2) is 5.11 Å². The van der Waals surface area contributed by atoms with Crippen LogP contribution in [0.3, 0.4) is 0 Å². The van der Waals surface area contributed by atoms with Crippen LogP contribution in [-0.4, -0.2) is 21.5 Å². The number of nitrogens with one attached hydrogen (secondary N) is 2. The van der Waals surface area contributed by atoms with Crippen molar-refractivity contribution in [1.82, 2.24) is 15.2 Å². The predicted molar refractivity (Wildman–Crippen MR) is 127 cm³/mol. The predicted octanol–water partition coefficient (Wildman–Crippen LogP) is 5.66. The second-order valence-corrected chi connectivity index (χ2v) is 8.59. The molecule has 0 radical (unpaired) electrons. The summed E-state index contributed by atoms with van der Waals surface area (Å²) in [5, 5.41) is 7.69. The van der Waals surface area contributed by atoms with Crippen molar-refractivity contribution < 1.29 is 0 Å². The molecule has 3 nitrogen and oxygen atoms in total. The fourth-order valence-electron chi connectivity index (χ4n) is 3.63. The standard InChI is InChI=1S/C24H25N3S2/c1-18-21(22-11-5-6-12-23(22)26-18)13-14-27(17-20-10-7-15-29-20)24(28)25-16-19-8-3-2-4-9-19/h2-12,15,26H,13-14,16-17H2,1H3,(H,25,28). The number of nitrogens with zero attached hydrogens (tertiary/aromatic N) is 1. The molecule has 0 amide bonds. The topological polar surface area (TPSA) is 31.1 Å². The lowest BCUT2D eigenvalue weighted by Gasteiger charge is -2.25. The van der Waals surface area contributed by atoms with Crippen LogP contribution in [-0.2, 0) is 19.5 Å². The lowest BCUT2D eigenvalue weighted by molar-refractivity contribution is 0.412. The molecule has 0 saturated carbocycles. The Bertz CT molecular complexity index is 1070. The summed E-state index contributed by atoms with van der Waals surface area (Å²) in [7, 11) is 0. The van der Waals surface area contributed by atoms with Crippen LogP contribution in [0.4, 0.5) is 0 Å². The third-order valence-electron chi connectivity index (χ3n) is 5.16. The van der Waals surface area contributed by atoms with Crippen molar-refractivity contribution in [1.29, 1.82) is 0 Å². The van der Waals surface area contributed by atoms with Crippen molar-refractivity contribution in [3.8, 4) is 0 Å². The van der Waals surface area contributed by atoms with Gasteiger partial charge in [0.2, 0.25) is 0 Å². The van der Waals surface area contributed by atoms with E-state index in [9.17, 15) is 0 Å². The number of aromatic nitrogens is 1. The first-order chi connectivity index (χ1) is 14.2. The first-order valence-electron chi connectivity index (χ1n) is 9.86. The van der Waals surface area contributed by atoms with Crippen LogP contribution in [0.2, 0.25) is 0 Å². The number of aryl methyl sites for hydroxylation is 1. The lowest BCUT2D eigenvalue weighted by Crippen LogP contribution is -2.40. The first-order valence-corrected chi connectivity index (χ1v) is 11.1. The van der Waals surface area contributed by atoms with E-state index in [-0.39, 0.29) is 0 Å². The Morgan fingerprint density at radius 1 is 1.03 bits per heavy atom. The Morgan fingerprint density at radius 3 is 2.62 bits per heavy atom. The average molecular weight is 420 g/mol.